The molecule has 134 valence electrons. The summed E-state index contributed by atoms with van der Waals surface area (Å²) in [4.78, 5) is 25.7. The second kappa shape index (κ2) is 6.66. The third-order valence-electron chi connectivity index (χ3n) is 3.66. The van der Waals surface area contributed by atoms with Gasteiger partial charge in [0.05, 0.1) is 11.5 Å². The highest BCUT2D eigenvalue weighted by Gasteiger charge is 2.44. The average Bonchev–Trinajstić information content (AvgIpc) is 2.52. The van der Waals surface area contributed by atoms with Crippen LogP contribution in [0.3, 0.4) is 0 Å². The van der Waals surface area contributed by atoms with Gasteiger partial charge in [-0.15, -0.1) is 0 Å². The number of nitrogens with two attached hydrogens (primary N) is 1. The molecule has 1 aromatic heterocycles. The predicted octanol–water partition coefficient (Wildman–Crippen LogP) is -3.52. The quantitative estimate of drug-likeness (QED) is 0.232. The lowest BCUT2D eigenvalue weighted by molar-refractivity contribution is -0.385. The lowest BCUT2D eigenvalue weighted by Crippen LogP contribution is -2.60. The monoisotopic (exact) mass is 347 g/mol. The van der Waals surface area contributed by atoms with E-state index in [2.05, 4.69) is 10.3 Å². The van der Waals surface area contributed by atoms with Crippen molar-refractivity contribution >= 4 is 17.5 Å². The Morgan fingerprint density at radius 2 is 2.00 bits per heavy atom. The lowest BCUT2D eigenvalue weighted by Gasteiger charge is -2.40. The van der Waals surface area contributed by atoms with Crippen LogP contribution in [-0.4, -0.2) is 72.2 Å². The SMILES string of the molecule is Cn1c(N)nc(N[C@@H]2O[C@H](CO)[C@@H](O)[C@H](O)[C@H]2O)c([N+](=O)[O-])c1=O. The molecule has 0 amide bonds. The fourth-order valence-electron chi connectivity index (χ4n) is 2.23. The average molecular weight is 347 g/mol. The van der Waals surface area contributed by atoms with Crippen LogP contribution in [0.1, 0.15) is 0 Å². The van der Waals surface area contributed by atoms with E-state index in [0.717, 1.165) is 4.57 Å². The van der Waals surface area contributed by atoms with Gasteiger partial charge in [-0.05, 0) is 0 Å². The number of aromatic nitrogens is 2. The zero-order chi connectivity index (χ0) is 18.2. The Labute approximate surface area is 134 Å². The molecule has 1 aliphatic heterocycles. The molecule has 7 N–H and O–H groups in total. The van der Waals surface area contributed by atoms with Crippen molar-refractivity contribution < 1.29 is 30.1 Å². The summed E-state index contributed by atoms with van der Waals surface area (Å²) < 4.78 is 5.91. The van der Waals surface area contributed by atoms with Gasteiger partial charge in [0, 0.05) is 7.05 Å². The molecule has 2 heterocycles. The number of aliphatic hydroxyl groups is 4. The van der Waals surface area contributed by atoms with Crippen LogP contribution in [0.5, 0.6) is 0 Å². The number of nitro groups is 1. The molecule has 1 fully saturated rings. The molecule has 0 saturated carbocycles. The molecule has 0 unspecified atom stereocenters. The first-order valence-corrected chi connectivity index (χ1v) is 6.77. The van der Waals surface area contributed by atoms with Crippen LogP contribution in [0, 0.1) is 10.1 Å². The highest BCUT2D eigenvalue weighted by molar-refractivity contribution is 5.57. The zero-order valence-electron chi connectivity index (χ0n) is 12.4. The largest absolute Gasteiger partial charge is 0.394 e. The van der Waals surface area contributed by atoms with E-state index in [1.54, 1.807) is 0 Å². The van der Waals surface area contributed by atoms with Crippen LogP contribution in [0.2, 0.25) is 0 Å². The van der Waals surface area contributed by atoms with Crippen molar-refractivity contribution in [1.29, 1.82) is 0 Å². The van der Waals surface area contributed by atoms with Gasteiger partial charge < -0.3 is 36.2 Å². The molecule has 0 bridgehead atoms. The fourth-order valence-corrected chi connectivity index (χ4v) is 2.23. The molecule has 0 spiro atoms. The Kier molecular flexibility index (Phi) is 5.00. The number of aliphatic hydroxyl groups excluding tert-OH is 4. The van der Waals surface area contributed by atoms with E-state index in [9.17, 15) is 30.2 Å². The number of nitrogens with zero attached hydrogens (tertiary/aromatic N) is 3. The van der Waals surface area contributed by atoms with Crippen LogP contribution < -0.4 is 16.6 Å². The fraction of sp³-hybridized carbons (Fsp3) is 0.636. The predicted molar refractivity (Wildman–Crippen MR) is 77.9 cm³/mol. The number of nitrogens with one attached hydrogen (secondary N) is 1. The molecule has 1 aliphatic rings. The third-order valence-corrected chi connectivity index (χ3v) is 3.66. The Morgan fingerprint density at radius 1 is 1.38 bits per heavy atom. The van der Waals surface area contributed by atoms with Gasteiger partial charge in [-0.2, -0.15) is 4.98 Å². The first-order chi connectivity index (χ1) is 11.2. The summed E-state index contributed by atoms with van der Waals surface area (Å²) in [5, 5.41) is 51.8. The molecule has 13 nitrogen and oxygen atoms in total. The maximum Gasteiger partial charge on any atom is 0.376 e. The van der Waals surface area contributed by atoms with E-state index in [0.29, 0.717) is 0 Å². The van der Waals surface area contributed by atoms with Crippen molar-refractivity contribution in [2.45, 2.75) is 30.6 Å². The summed E-state index contributed by atoms with van der Waals surface area (Å²) in [6, 6.07) is 0. The molecular weight excluding hydrogens is 330 g/mol. The first kappa shape index (κ1) is 18.0. The highest BCUT2D eigenvalue weighted by Crippen LogP contribution is 2.25. The Morgan fingerprint density at radius 3 is 2.54 bits per heavy atom. The molecule has 13 heteroatoms. The molecule has 1 aromatic rings. The van der Waals surface area contributed by atoms with Gasteiger partial charge in [-0.25, -0.2) is 0 Å². The summed E-state index contributed by atoms with van der Waals surface area (Å²) in [6.07, 6.45) is -7.73. The smallest absolute Gasteiger partial charge is 0.376 e. The van der Waals surface area contributed by atoms with Crippen LogP contribution in [0.15, 0.2) is 4.79 Å². The van der Waals surface area contributed by atoms with Crippen molar-refractivity contribution in [3.63, 3.8) is 0 Å². The molecule has 5 atom stereocenters. The van der Waals surface area contributed by atoms with Crippen LogP contribution >= 0.6 is 0 Å². The summed E-state index contributed by atoms with van der Waals surface area (Å²) in [6.45, 7) is -0.683. The van der Waals surface area contributed by atoms with E-state index in [4.69, 9.17) is 15.6 Å². The molecule has 0 aromatic carbocycles. The van der Waals surface area contributed by atoms with Gasteiger partial charge >= 0.3 is 11.2 Å². The van der Waals surface area contributed by atoms with Gasteiger partial charge in [-0.3, -0.25) is 19.5 Å². The van der Waals surface area contributed by atoms with E-state index >= 15 is 0 Å². The Balaban J connectivity index is 2.40. The van der Waals surface area contributed by atoms with Gasteiger partial charge in [0.25, 0.3) is 0 Å². The maximum absolute atomic E-state index is 11.9. The minimum absolute atomic E-state index is 0.335. The van der Waals surface area contributed by atoms with Gasteiger partial charge in [0.2, 0.25) is 11.8 Å². The van der Waals surface area contributed by atoms with Crippen LogP contribution in [-0.2, 0) is 11.8 Å². The molecule has 0 radical (unpaired) electrons. The van der Waals surface area contributed by atoms with E-state index < -0.39 is 59.2 Å². The van der Waals surface area contributed by atoms with Crippen molar-refractivity contribution in [3.8, 4) is 0 Å². The first-order valence-electron chi connectivity index (χ1n) is 6.77. The lowest BCUT2D eigenvalue weighted by atomic mass is 9.98. The Hall–Kier alpha value is -2.32. The number of nitrogen functional groups attached to an aromatic ring is 1. The van der Waals surface area contributed by atoms with E-state index in [1.165, 1.54) is 7.05 Å². The van der Waals surface area contributed by atoms with Gasteiger partial charge in [-0.1, -0.05) is 0 Å². The van der Waals surface area contributed by atoms with Gasteiger partial charge in [0.1, 0.15) is 24.4 Å². The highest BCUT2D eigenvalue weighted by atomic mass is 16.6. The number of hydrogen-bond donors (Lipinski definition) is 6. The van der Waals surface area contributed by atoms with Crippen molar-refractivity contribution in [2.75, 3.05) is 17.7 Å². The molecular formula is C11H17N5O8. The second-order valence-corrected chi connectivity index (χ2v) is 5.18. The Bertz CT molecular complexity index is 692. The molecule has 2 rings (SSSR count). The van der Waals surface area contributed by atoms with Crippen molar-refractivity contribution in [1.82, 2.24) is 9.55 Å². The van der Waals surface area contributed by atoms with Crippen LogP contribution in [0.4, 0.5) is 17.5 Å². The molecule has 24 heavy (non-hydrogen) atoms. The summed E-state index contributed by atoms with van der Waals surface area (Å²) in [5.74, 6) is -0.914. The molecule has 0 aliphatic carbocycles. The summed E-state index contributed by atoms with van der Waals surface area (Å²) in [7, 11) is 1.19. The maximum atomic E-state index is 11.9. The summed E-state index contributed by atoms with van der Waals surface area (Å²) >= 11 is 0. The van der Waals surface area contributed by atoms with E-state index in [-0.39, 0.29) is 5.95 Å². The van der Waals surface area contributed by atoms with E-state index in [1.807, 2.05) is 0 Å². The number of ether oxygens (including phenoxy) is 1. The second-order valence-electron chi connectivity index (χ2n) is 5.18. The third kappa shape index (κ3) is 3.02. The number of hydrogen-bond acceptors (Lipinski definition) is 11. The minimum atomic E-state index is -1.71. The number of rotatable bonds is 4. The minimum Gasteiger partial charge on any atom is -0.394 e. The normalized spacial score (nSPS) is 30.1. The number of anilines is 2. The van der Waals surface area contributed by atoms with Crippen molar-refractivity contribution in [2.24, 2.45) is 7.05 Å². The standard InChI is InChI=1S/C11H17N5O8/c1-15-10(21)4(16(22)23)8(14-11(15)12)13-9-7(20)6(19)5(18)3(2-17)24-9/h3,5-7,9,13,17-20H,2H2,1H3,(H2,12,14)/t3-,5-,6+,7-,9-/m1/s1. The zero-order valence-corrected chi connectivity index (χ0v) is 12.4. The van der Waals surface area contributed by atoms with Crippen LogP contribution in [0.25, 0.3) is 0 Å². The topological polar surface area (TPSA) is 206 Å². The van der Waals surface area contributed by atoms with Crippen molar-refractivity contribution in [3.05, 3.63) is 20.5 Å². The summed E-state index contributed by atoms with van der Waals surface area (Å²) in [5.41, 5.74) is 3.51. The molecule has 1 saturated heterocycles. The van der Waals surface area contributed by atoms with Gasteiger partial charge in [0.15, 0.2) is 6.23 Å².